The number of urea groups is 1. The lowest BCUT2D eigenvalue weighted by Gasteiger charge is -2.21. The third-order valence-electron chi connectivity index (χ3n) is 2.87. The Kier molecular flexibility index (Phi) is 6.12. The molecule has 0 unspecified atom stereocenters. The number of carboxylic acid groups (broad SMARTS) is 1. The normalized spacial score (nSPS) is 10.8. The Hall–Kier alpha value is -2.57. The van der Waals surface area contributed by atoms with Gasteiger partial charge in [0.2, 0.25) is 0 Å². The minimum absolute atomic E-state index is 0.103. The van der Waals surface area contributed by atoms with E-state index < -0.39 is 12.0 Å². The molecule has 1 aromatic carbocycles. The summed E-state index contributed by atoms with van der Waals surface area (Å²) in [6.07, 6.45) is -0.127. The van der Waals surface area contributed by atoms with Crippen LogP contribution in [-0.2, 0) is 4.79 Å². The quantitative estimate of drug-likeness (QED) is 0.774. The second-order valence-electron chi connectivity index (χ2n) is 6.28. The van der Waals surface area contributed by atoms with Crippen molar-refractivity contribution >= 4 is 23.6 Å². The highest BCUT2D eigenvalue weighted by molar-refractivity contribution is 5.97. The molecule has 0 heterocycles. The molecular formula is C16H23N3O4. The number of aliphatic carboxylic acids is 1. The van der Waals surface area contributed by atoms with Gasteiger partial charge in [0.1, 0.15) is 0 Å². The van der Waals surface area contributed by atoms with Crippen molar-refractivity contribution in [3.8, 4) is 0 Å². The molecule has 0 fully saturated rings. The lowest BCUT2D eigenvalue weighted by Crippen LogP contribution is -2.40. The summed E-state index contributed by atoms with van der Waals surface area (Å²) < 4.78 is 0. The molecule has 3 N–H and O–H groups in total. The zero-order valence-corrected chi connectivity index (χ0v) is 13.8. The zero-order valence-electron chi connectivity index (χ0n) is 13.8. The van der Waals surface area contributed by atoms with Crippen LogP contribution in [0.2, 0.25) is 0 Å². The predicted octanol–water partition coefficient (Wildman–Crippen LogP) is 2.15. The number of amides is 3. The van der Waals surface area contributed by atoms with Gasteiger partial charge in [-0.2, -0.15) is 0 Å². The molecule has 0 saturated heterocycles. The Morgan fingerprint density at radius 1 is 1.22 bits per heavy atom. The van der Waals surface area contributed by atoms with Crippen molar-refractivity contribution < 1.29 is 19.5 Å². The van der Waals surface area contributed by atoms with E-state index in [1.165, 1.54) is 11.9 Å². The zero-order chi connectivity index (χ0) is 17.6. The van der Waals surface area contributed by atoms with Crippen LogP contribution in [0.1, 0.15) is 37.6 Å². The molecule has 7 heteroatoms. The summed E-state index contributed by atoms with van der Waals surface area (Å²) in [6, 6.07) is 6.13. The molecule has 0 aliphatic rings. The molecule has 0 bridgehead atoms. The fourth-order valence-corrected chi connectivity index (χ4v) is 1.73. The van der Waals surface area contributed by atoms with Crippen LogP contribution in [0, 0.1) is 0 Å². The molecule has 23 heavy (non-hydrogen) atoms. The highest BCUT2D eigenvalue weighted by Gasteiger charge is 2.16. The van der Waals surface area contributed by atoms with Crippen LogP contribution in [0.15, 0.2) is 24.3 Å². The number of nitrogens with zero attached hydrogens (tertiary/aromatic N) is 1. The van der Waals surface area contributed by atoms with E-state index in [9.17, 15) is 14.4 Å². The van der Waals surface area contributed by atoms with Gasteiger partial charge in [-0.1, -0.05) is 6.07 Å². The summed E-state index contributed by atoms with van der Waals surface area (Å²) in [4.78, 5) is 35.9. The van der Waals surface area contributed by atoms with Crippen molar-refractivity contribution in [1.82, 2.24) is 10.2 Å². The fourth-order valence-electron chi connectivity index (χ4n) is 1.73. The van der Waals surface area contributed by atoms with Gasteiger partial charge in [-0.3, -0.25) is 9.59 Å². The molecule has 0 spiro atoms. The van der Waals surface area contributed by atoms with E-state index in [1.54, 1.807) is 24.3 Å². The van der Waals surface area contributed by atoms with Crippen LogP contribution in [0.5, 0.6) is 0 Å². The first kappa shape index (κ1) is 18.5. The number of hydrogen-bond acceptors (Lipinski definition) is 3. The van der Waals surface area contributed by atoms with Crippen LogP contribution in [0.3, 0.4) is 0 Å². The first-order valence-electron chi connectivity index (χ1n) is 7.25. The molecule has 1 aromatic rings. The van der Waals surface area contributed by atoms with Gasteiger partial charge in [0.25, 0.3) is 5.91 Å². The van der Waals surface area contributed by atoms with E-state index in [2.05, 4.69) is 10.6 Å². The third kappa shape index (κ3) is 6.82. The van der Waals surface area contributed by atoms with Crippen LogP contribution in [-0.4, -0.2) is 47.0 Å². The number of nitrogens with one attached hydrogen (secondary N) is 2. The number of carbonyl (C=O) groups excluding carboxylic acids is 2. The van der Waals surface area contributed by atoms with E-state index in [4.69, 9.17) is 5.11 Å². The summed E-state index contributed by atoms with van der Waals surface area (Å²) in [5, 5.41) is 14.1. The van der Waals surface area contributed by atoms with Crippen LogP contribution in [0.25, 0.3) is 0 Å². The third-order valence-corrected chi connectivity index (χ3v) is 2.87. The van der Waals surface area contributed by atoms with Crippen LogP contribution < -0.4 is 10.6 Å². The SMILES string of the molecule is CN(CCC(=O)O)C(=O)Nc1cccc(C(=O)NC(C)(C)C)c1. The first-order chi connectivity index (χ1) is 10.6. The molecule has 7 nitrogen and oxygen atoms in total. The van der Waals surface area contributed by atoms with E-state index in [1.807, 2.05) is 20.8 Å². The van der Waals surface area contributed by atoms with E-state index >= 15 is 0 Å². The monoisotopic (exact) mass is 321 g/mol. The van der Waals surface area contributed by atoms with Crippen molar-refractivity contribution in [2.24, 2.45) is 0 Å². The maximum absolute atomic E-state index is 12.1. The highest BCUT2D eigenvalue weighted by atomic mass is 16.4. The van der Waals surface area contributed by atoms with Gasteiger partial charge in [-0.15, -0.1) is 0 Å². The van der Waals surface area contributed by atoms with Crippen molar-refractivity contribution in [1.29, 1.82) is 0 Å². The second kappa shape index (κ2) is 7.62. The van der Waals surface area contributed by atoms with Gasteiger partial charge in [-0.05, 0) is 39.0 Å². The molecule has 126 valence electrons. The molecule has 0 aromatic heterocycles. The Morgan fingerprint density at radius 3 is 2.43 bits per heavy atom. The second-order valence-corrected chi connectivity index (χ2v) is 6.28. The van der Waals surface area contributed by atoms with Gasteiger partial charge in [0.05, 0.1) is 6.42 Å². The molecule has 0 atom stereocenters. The van der Waals surface area contributed by atoms with E-state index in [0.29, 0.717) is 11.3 Å². The minimum atomic E-state index is -0.967. The Labute approximate surface area is 135 Å². The predicted molar refractivity (Wildman–Crippen MR) is 87.6 cm³/mol. The van der Waals surface area contributed by atoms with Gasteiger partial charge in [-0.25, -0.2) is 4.79 Å². The van der Waals surface area contributed by atoms with Crippen LogP contribution in [0.4, 0.5) is 10.5 Å². The van der Waals surface area contributed by atoms with Gasteiger partial charge in [0, 0.05) is 30.4 Å². The number of carbonyl (C=O) groups is 3. The molecular weight excluding hydrogens is 298 g/mol. The maximum atomic E-state index is 12.1. The summed E-state index contributed by atoms with van der Waals surface area (Å²) in [7, 11) is 1.51. The highest BCUT2D eigenvalue weighted by Crippen LogP contribution is 2.12. The minimum Gasteiger partial charge on any atom is -0.481 e. The first-order valence-corrected chi connectivity index (χ1v) is 7.25. The lowest BCUT2D eigenvalue weighted by atomic mass is 10.1. The Bertz CT molecular complexity index is 593. The van der Waals surface area contributed by atoms with Crippen molar-refractivity contribution in [3.63, 3.8) is 0 Å². The van der Waals surface area contributed by atoms with Crippen LogP contribution >= 0.6 is 0 Å². The molecule has 0 aliphatic carbocycles. The topological polar surface area (TPSA) is 98.7 Å². The summed E-state index contributed by atoms with van der Waals surface area (Å²) in [5.41, 5.74) is 0.553. The average molecular weight is 321 g/mol. The van der Waals surface area contributed by atoms with Gasteiger partial charge >= 0.3 is 12.0 Å². The van der Waals surface area contributed by atoms with E-state index in [-0.39, 0.29) is 24.4 Å². The molecule has 0 aliphatic heterocycles. The summed E-state index contributed by atoms with van der Waals surface area (Å²) in [6.45, 7) is 5.75. The van der Waals surface area contributed by atoms with Crippen molar-refractivity contribution in [3.05, 3.63) is 29.8 Å². The number of benzene rings is 1. The van der Waals surface area contributed by atoms with E-state index in [0.717, 1.165) is 0 Å². The average Bonchev–Trinajstić information content (AvgIpc) is 2.43. The lowest BCUT2D eigenvalue weighted by molar-refractivity contribution is -0.137. The number of hydrogen-bond donors (Lipinski definition) is 3. The number of anilines is 1. The summed E-state index contributed by atoms with van der Waals surface area (Å²) >= 11 is 0. The molecule has 1 rings (SSSR count). The fraction of sp³-hybridized carbons (Fsp3) is 0.438. The largest absolute Gasteiger partial charge is 0.481 e. The maximum Gasteiger partial charge on any atom is 0.321 e. The number of rotatable bonds is 5. The van der Waals surface area contributed by atoms with Crippen molar-refractivity contribution in [2.75, 3.05) is 18.9 Å². The molecule has 3 amide bonds. The molecule has 0 saturated carbocycles. The standard InChI is InChI=1S/C16H23N3O4/c1-16(2,3)18-14(22)11-6-5-7-12(10-11)17-15(23)19(4)9-8-13(20)21/h5-7,10H,8-9H2,1-4H3,(H,17,23)(H,18,22)(H,20,21). The summed E-state index contributed by atoms with van der Waals surface area (Å²) in [5.74, 6) is -1.20. The Balaban J connectivity index is 2.71. The van der Waals surface area contributed by atoms with Gasteiger partial charge in [0.15, 0.2) is 0 Å². The molecule has 0 radical (unpaired) electrons. The smallest absolute Gasteiger partial charge is 0.321 e. The van der Waals surface area contributed by atoms with Crippen molar-refractivity contribution in [2.45, 2.75) is 32.7 Å². The Morgan fingerprint density at radius 2 is 1.87 bits per heavy atom. The number of carboxylic acids is 1. The van der Waals surface area contributed by atoms with Gasteiger partial charge < -0.3 is 20.6 Å².